The van der Waals surface area contributed by atoms with Crippen LogP contribution in [0.5, 0.6) is 0 Å². The van der Waals surface area contributed by atoms with Crippen molar-refractivity contribution in [1.82, 2.24) is 10.2 Å². The van der Waals surface area contributed by atoms with Gasteiger partial charge in [-0.15, -0.1) is 0 Å². The molecule has 1 aliphatic rings. The van der Waals surface area contributed by atoms with Gasteiger partial charge in [0, 0.05) is 18.3 Å². The number of hydrogen-bond acceptors (Lipinski definition) is 3. The van der Waals surface area contributed by atoms with Crippen LogP contribution in [0.4, 0.5) is 4.79 Å². The maximum absolute atomic E-state index is 12.1. The molecule has 5 nitrogen and oxygen atoms in total. The summed E-state index contributed by atoms with van der Waals surface area (Å²) in [4.78, 5) is 24.7. The smallest absolute Gasteiger partial charge is 0.326 e. The van der Waals surface area contributed by atoms with Gasteiger partial charge in [0.25, 0.3) is 0 Å². The van der Waals surface area contributed by atoms with E-state index in [9.17, 15) is 9.59 Å². The van der Waals surface area contributed by atoms with Crippen molar-refractivity contribution in [3.8, 4) is 0 Å². The molecule has 1 heterocycles. The van der Waals surface area contributed by atoms with Gasteiger partial charge in [-0.05, 0) is 31.9 Å². The van der Waals surface area contributed by atoms with E-state index in [1.807, 2.05) is 13.2 Å². The normalized spacial score (nSPS) is 21.4. The number of nitrogens with zero attached hydrogens (tertiary/aromatic N) is 1. The molecule has 1 aliphatic heterocycles. The fraction of sp³-hybridized carbons (Fsp3) is 0.833. The number of piperidine rings is 1. The molecule has 0 aliphatic carbocycles. The zero-order chi connectivity index (χ0) is 13.5. The highest BCUT2D eigenvalue weighted by Crippen LogP contribution is 2.17. The van der Waals surface area contributed by atoms with Crippen molar-refractivity contribution in [3.63, 3.8) is 0 Å². The monoisotopic (exact) mass is 274 g/mol. The zero-order valence-corrected chi connectivity index (χ0v) is 11.8. The number of likely N-dealkylation sites (tertiary alicyclic amines) is 1. The van der Waals surface area contributed by atoms with E-state index in [4.69, 9.17) is 5.11 Å². The maximum Gasteiger partial charge on any atom is 0.326 e. The van der Waals surface area contributed by atoms with Gasteiger partial charge in [-0.25, -0.2) is 9.59 Å². The lowest BCUT2D eigenvalue weighted by molar-refractivity contribution is -0.143. The van der Waals surface area contributed by atoms with Gasteiger partial charge in [0.1, 0.15) is 6.04 Å². The van der Waals surface area contributed by atoms with Crippen LogP contribution in [0.15, 0.2) is 0 Å². The number of carboxylic acids is 1. The number of thioether (sulfide) groups is 1. The lowest BCUT2D eigenvalue weighted by Crippen LogP contribution is -2.54. The average molecular weight is 274 g/mol. The molecular weight excluding hydrogens is 252 g/mol. The standard InChI is InChI=1S/C12H22N2O3S/c1-3-9(8-18-2)13-12(17)14-7-5-4-6-10(14)11(15)16/h9-10H,3-8H2,1-2H3,(H,13,17)(H,15,16). The molecule has 2 atom stereocenters. The van der Waals surface area contributed by atoms with Gasteiger partial charge >= 0.3 is 12.0 Å². The van der Waals surface area contributed by atoms with Gasteiger partial charge in [-0.3, -0.25) is 0 Å². The number of rotatable bonds is 5. The summed E-state index contributed by atoms with van der Waals surface area (Å²) >= 11 is 1.68. The van der Waals surface area contributed by atoms with Crippen LogP contribution in [0, 0.1) is 0 Å². The van der Waals surface area contributed by atoms with E-state index in [0.717, 1.165) is 25.0 Å². The molecule has 0 saturated carbocycles. The van der Waals surface area contributed by atoms with Crippen molar-refractivity contribution in [2.75, 3.05) is 18.6 Å². The Kier molecular flexibility index (Phi) is 6.32. The van der Waals surface area contributed by atoms with Crippen LogP contribution < -0.4 is 5.32 Å². The molecule has 6 heteroatoms. The molecule has 0 bridgehead atoms. The Morgan fingerprint density at radius 1 is 1.50 bits per heavy atom. The van der Waals surface area contributed by atoms with Crippen molar-refractivity contribution in [1.29, 1.82) is 0 Å². The topological polar surface area (TPSA) is 69.6 Å². The van der Waals surface area contributed by atoms with E-state index in [1.165, 1.54) is 4.90 Å². The summed E-state index contributed by atoms with van der Waals surface area (Å²) in [5.41, 5.74) is 0. The average Bonchev–Trinajstić information content (AvgIpc) is 2.38. The van der Waals surface area contributed by atoms with Gasteiger partial charge in [0.05, 0.1) is 0 Å². The highest BCUT2D eigenvalue weighted by molar-refractivity contribution is 7.98. The Balaban J connectivity index is 2.59. The number of hydrogen-bond donors (Lipinski definition) is 2. The minimum Gasteiger partial charge on any atom is -0.480 e. The molecule has 104 valence electrons. The second-order valence-electron chi connectivity index (χ2n) is 4.55. The zero-order valence-electron chi connectivity index (χ0n) is 11.0. The predicted octanol–water partition coefficient (Wildman–Crippen LogP) is 1.78. The first kappa shape index (κ1) is 15.1. The van der Waals surface area contributed by atoms with Gasteiger partial charge in [0.2, 0.25) is 0 Å². The Labute approximate surface area is 112 Å². The largest absolute Gasteiger partial charge is 0.480 e. The van der Waals surface area contributed by atoms with Crippen molar-refractivity contribution in [3.05, 3.63) is 0 Å². The van der Waals surface area contributed by atoms with Crippen molar-refractivity contribution < 1.29 is 14.7 Å². The first-order valence-electron chi connectivity index (χ1n) is 6.39. The Morgan fingerprint density at radius 2 is 2.22 bits per heavy atom. The molecule has 0 aromatic rings. The lowest BCUT2D eigenvalue weighted by atomic mass is 10.0. The minimum atomic E-state index is -0.900. The molecule has 1 rings (SSSR count). The molecule has 1 saturated heterocycles. The molecule has 2 unspecified atom stereocenters. The van der Waals surface area contributed by atoms with Crippen LogP contribution in [0.25, 0.3) is 0 Å². The van der Waals surface area contributed by atoms with E-state index in [2.05, 4.69) is 5.32 Å². The number of aliphatic carboxylic acids is 1. The molecular formula is C12H22N2O3S. The van der Waals surface area contributed by atoms with E-state index >= 15 is 0 Å². The maximum atomic E-state index is 12.1. The van der Waals surface area contributed by atoms with Crippen LogP contribution >= 0.6 is 11.8 Å². The fourth-order valence-corrected chi connectivity index (χ4v) is 2.87. The molecule has 0 aromatic heterocycles. The summed E-state index contributed by atoms with van der Waals surface area (Å²) < 4.78 is 0. The van der Waals surface area contributed by atoms with Crippen molar-refractivity contribution in [2.45, 2.75) is 44.7 Å². The van der Waals surface area contributed by atoms with Crippen molar-refractivity contribution >= 4 is 23.8 Å². The van der Waals surface area contributed by atoms with Crippen molar-refractivity contribution in [2.24, 2.45) is 0 Å². The van der Waals surface area contributed by atoms with E-state index in [-0.39, 0.29) is 12.1 Å². The molecule has 1 fully saturated rings. The molecule has 2 N–H and O–H groups in total. The van der Waals surface area contributed by atoms with E-state index < -0.39 is 12.0 Å². The highest BCUT2D eigenvalue weighted by Gasteiger charge is 2.32. The quantitative estimate of drug-likeness (QED) is 0.801. The fourth-order valence-electron chi connectivity index (χ4n) is 2.15. The first-order chi connectivity index (χ1) is 8.60. The van der Waals surface area contributed by atoms with Gasteiger partial charge in [-0.1, -0.05) is 6.92 Å². The number of nitrogens with one attached hydrogen (secondary N) is 1. The summed E-state index contributed by atoms with van der Waals surface area (Å²) in [5.74, 6) is -0.0452. The number of carbonyl (C=O) groups is 2. The summed E-state index contributed by atoms with van der Waals surface area (Å²) in [7, 11) is 0. The molecule has 0 spiro atoms. The molecule has 0 radical (unpaired) electrons. The number of amides is 2. The lowest BCUT2D eigenvalue weighted by Gasteiger charge is -2.34. The van der Waals surface area contributed by atoms with Crippen LogP contribution in [-0.4, -0.2) is 52.6 Å². The van der Waals surface area contributed by atoms with E-state index in [1.54, 1.807) is 11.8 Å². The summed E-state index contributed by atoms with van der Waals surface area (Å²) in [6.07, 6.45) is 5.18. The van der Waals surface area contributed by atoms with Gasteiger partial charge < -0.3 is 15.3 Å². The third-order valence-electron chi connectivity index (χ3n) is 3.24. The Morgan fingerprint density at radius 3 is 2.78 bits per heavy atom. The first-order valence-corrected chi connectivity index (χ1v) is 7.78. The molecule has 2 amide bonds. The number of urea groups is 1. The number of carbonyl (C=O) groups excluding carboxylic acids is 1. The third-order valence-corrected chi connectivity index (χ3v) is 3.97. The van der Waals surface area contributed by atoms with Gasteiger partial charge in [0.15, 0.2) is 0 Å². The Hall–Kier alpha value is -0.910. The van der Waals surface area contributed by atoms with Crippen LogP contribution in [0.3, 0.4) is 0 Å². The van der Waals surface area contributed by atoms with Crippen LogP contribution in [-0.2, 0) is 4.79 Å². The van der Waals surface area contributed by atoms with E-state index in [0.29, 0.717) is 13.0 Å². The second kappa shape index (κ2) is 7.51. The highest BCUT2D eigenvalue weighted by atomic mass is 32.2. The number of carboxylic acid groups (broad SMARTS) is 1. The summed E-state index contributed by atoms with van der Waals surface area (Å²) in [5, 5.41) is 12.1. The molecule has 18 heavy (non-hydrogen) atoms. The Bertz CT molecular complexity index is 299. The van der Waals surface area contributed by atoms with Crippen LogP contribution in [0.2, 0.25) is 0 Å². The molecule has 0 aromatic carbocycles. The summed E-state index contributed by atoms with van der Waals surface area (Å²) in [6, 6.07) is -0.780. The predicted molar refractivity (Wildman–Crippen MR) is 73.0 cm³/mol. The second-order valence-corrected chi connectivity index (χ2v) is 5.46. The van der Waals surface area contributed by atoms with Gasteiger partial charge in [-0.2, -0.15) is 11.8 Å². The third kappa shape index (κ3) is 4.08. The summed E-state index contributed by atoms with van der Waals surface area (Å²) in [6.45, 7) is 2.56. The minimum absolute atomic E-state index is 0.115. The SMILES string of the molecule is CCC(CSC)NC(=O)N1CCCCC1C(=O)O. The van der Waals surface area contributed by atoms with Crippen LogP contribution in [0.1, 0.15) is 32.6 Å².